The highest BCUT2D eigenvalue weighted by Gasteiger charge is 2.49. The van der Waals surface area contributed by atoms with Crippen molar-refractivity contribution in [2.45, 2.75) is 44.3 Å². The topological polar surface area (TPSA) is 32.3 Å². The number of amides is 1. The molecule has 0 aromatic rings. The van der Waals surface area contributed by atoms with Gasteiger partial charge in [-0.15, -0.1) is 0 Å². The maximum Gasteiger partial charge on any atom is 0.243 e. The number of nitrogens with one attached hydrogen (secondary N) is 1. The van der Waals surface area contributed by atoms with Crippen molar-refractivity contribution in [2.24, 2.45) is 0 Å². The van der Waals surface area contributed by atoms with Gasteiger partial charge in [0.2, 0.25) is 5.91 Å². The highest BCUT2D eigenvalue weighted by Crippen LogP contribution is 2.35. The summed E-state index contributed by atoms with van der Waals surface area (Å²) in [6.45, 7) is 2.05. The lowest BCUT2D eigenvalue weighted by atomic mass is 9.98. The largest absolute Gasteiger partial charge is 0.329 e. The molecule has 1 spiro atoms. The van der Waals surface area contributed by atoms with Crippen LogP contribution in [-0.2, 0) is 4.79 Å². The van der Waals surface area contributed by atoms with Crippen LogP contribution in [0.1, 0.15) is 32.6 Å². The second-order valence-electron chi connectivity index (χ2n) is 4.03. The average Bonchev–Trinajstić information content (AvgIpc) is 2.57. The van der Waals surface area contributed by atoms with Crippen LogP contribution in [0.25, 0.3) is 0 Å². The molecule has 0 aromatic heterocycles. The maximum atomic E-state index is 11.8. The van der Waals surface area contributed by atoms with Crippen molar-refractivity contribution in [3.63, 3.8) is 0 Å². The maximum absolute atomic E-state index is 11.8. The van der Waals surface area contributed by atoms with E-state index in [0.29, 0.717) is 5.91 Å². The van der Waals surface area contributed by atoms with Crippen LogP contribution in [0.15, 0.2) is 0 Å². The molecule has 68 valence electrons. The molecule has 1 heterocycles. The zero-order chi connectivity index (χ0) is 8.77. The number of rotatable bonds is 0. The van der Waals surface area contributed by atoms with Gasteiger partial charge in [-0.3, -0.25) is 10.1 Å². The standard InChI is InChI=1S/C9H16N2O/c1-7-10-9(5-3-4-6-9)8(12)11(7)2/h7,10H,3-6H2,1-2H3. The molecule has 1 saturated heterocycles. The van der Waals surface area contributed by atoms with Gasteiger partial charge in [0.1, 0.15) is 0 Å². The van der Waals surface area contributed by atoms with Crippen molar-refractivity contribution in [3.05, 3.63) is 0 Å². The van der Waals surface area contributed by atoms with Gasteiger partial charge in [0, 0.05) is 7.05 Å². The van der Waals surface area contributed by atoms with Crippen molar-refractivity contribution in [2.75, 3.05) is 7.05 Å². The molecule has 0 bridgehead atoms. The van der Waals surface area contributed by atoms with Crippen molar-refractivity contribution in [3.8, 4) is 0 Å². The van der Waals surface area contributed by atoms with E-state index in [1.165, 1.54) is 12.8 Å². The summed E-state index contributed by atoms with van der Waals surface area (Å²) >= 11 is 0. The van der Waals surface area contributed by atoms with Gasteiger partial charge in [0.25, 0.3) is 0 Å². The first-order chi connectivity index (χ1) is 5.66. The van der Waals surface area contributed by atoms with E-state index in [4.69, 9.17) is 0 Å². The van der Waals surface area contributed by atoms with Crippen molar-refractivity contribution < 1.29 is 4.79 Å². The molecule has 1 atom stereocenters. The van der Waals surface area contributed by atoms with Crippen molar-refractivity contribution in [1.29, 1.82) is 0 Å². The van der Waals surface area contributed by atoms with E-state index in [0.717, 1.165) is 12.8 Å². The lowest BCUT2D eigenvalue weighted by Crippen LogP contribution is -2.44. The van der Waals surface area contributed by atoms with Gasteiger partial charge < -0.3 is 4.90 Å². The Morgan fingerprint density at radius 3 is 2.50 bits per heavy atom. The normalized spacial score (nSPS) is 33.7. The van der Waals surface area contributed by atoms with Crippen LogP contribution >= 0.6 is 0 Å². The summed E-state index contributed by atoms with van der Waals surface area (Å²) in [7, 11) is 1.88. The summed E-state index contributed by atoms with van der Waals surface area (Å²) in [4.78, 5) is 13.6. The monoisotopic (exact) mass is 168 g/mol. The molecule has 0 aromatic carbocycles. The molecule has 3 nitrogen and oxygen atoms in total. The molecular weight excluding hydrogens is 152 g/mol. The molecule has 1 saturated carbocycles. The van der Waals surface area contributed by atoms with E-state index in [-0.39, 0.29) is 11.7 Å². The summed E-state index contributed by atoms with van der Waals surface area (Å²) in [6.07, 6.45) is 4.66. The van der Waals surface area contributed by atoms with Gasteiger partial charge in [-0.05, 0) is 19.8 Å². The van der Waals surface area contributed by atoms with Gasteiger partial charge >= 0.3 is 0 Å². The Kier molecular flexibility index (Phi) is 1.65. The van der Waals surface area contributed by atoms with Crippen LogP contribution in [-0.4, -0.2) is 29.6 Å². The SMILES string of the molecule is CC1NC2(CCCC2)C(=O)N1C. The van der Waals surface area contributed by atoms with Gasteiger partial charge in [-0.2, -0.15) is 0 Å². The minimum Gasteiger partial charge on any atom is -0.329 e. The van der Waals surface area contributed by atoms with Gasteiger partial charge in [-0.25, -0.2) is 0 Å². The molecule has 0 radical (unpaired) electrons. The first-order valence-electron chi connectivity index (χ1n) is 4.71. The summed E-state index contributed by atoms with van der Waals surface area (Å²) in [5.74, 6) is 0.299. The number of carbonyl (C=O) groups excluding carboxylic acids is 1. The van der Waals surface area contributed by atoms with Crippen LogP contribution in [0.2, 0.25) is 0 Å². The third-order valence-electron chi connectivity index (χ3n) is 3.25. The van der Waals surface area contributed by atoms with Crippen molar-refractivity contribution in [1.82, 2.24) is 10.2 Å². The molecule has 2 fully saturated rings. The summed E-state index contributed by atoms with van der Waals surface area (Å²) < 4.78 is 0. The zero-order valence-electron chi connectivity index (χ0n) is 7.76. The van der Waals surface area contributed by atoms with E-state index in [1.807, 2.05) is 18.9 Å². The van der Waals surface area contributed by atoms with E-state index in [9.17, 15) is 4.79 Å². The molecule has 1 N–H and O–H groups in total. The Morgan fingerprint density at radius 1 is 1.50 bits per heavy atom. The number of likely N-dealkylation sites (N-methyl/N-ethyl adjacent to an activating group) is 1. The molecule has 1 aliphatic heterocycles. The summed E-state index contributed by atoms with van der Waals surface area (Å²) in [6, 6.07) is 0. The minimum atomic E-state index is -0.172. The predicted molar refractivity (Wildman–Crippen MR) is 46.6 cm³/mol. The molecule has 1 aliphatic carbocycles. The third kappa shape index (κ3) is 0.891. The quantitative estimate of drug-likeness (QED) is 0.577. The van der Waals surface area contributed by atoms with E-state index >= 15 is 0 Å². The fourth-order valence-electron chi connectivity index (χ4n) is 2.41. The predicted octanol–water partition coefficient (Wildman–Crippen LogP) is 0.707. The van der Waals surface area contributed by atoms with Crippen molar-refractivity contribution >= 4 is 5.91 Å². The summed E-state index contributed by atoms with van der Waals surface area (Å²) in [5.41, 5.74) is -0.172. The number of carbonyl (C=O) groups is 1. The van der Waals surface area contributed by atoms with Crippen LogP contribution in [0.4, 0.5) is 0 Å². The zero-order valence-corrected chi connectivity index (χ0v) is 7.76. The highest BCUT2D eigenvalue weighted by molar-refractivity contribution is 5.88. The van der Waals surface area contributed by atoms with Crippen LogP contribution < -0.4 is 5.32 Å². The van der Waals surface area contributed by atoms with Crippen LogP contribution in [0, 0.1) is 0 Å². The Balaban J connectivity index is 2.23. The lowest BCUT2D eigenvalue weighted by Gasteiger charge is -2.19. The van der Waals surface area contributed by atoms with E-state index in [2.05, 4.69) is 5.32 Å². The van der Waals surface area contributed by atoms with E-state index < -0.39 is 0 Å². The summed E-state index contributed by atoms with van der Waals surface area (Å²) in [5, 5.41) is 3.41. The van der Waals surface area contributed by atoms with Gasteiger partial charge in [-0.1, -0.05) is 12.8 Å². The van der Waals surface area contributed by atoms with E-state index in [1.54, 1.807) is 0 Å². The fraction of sp³-hybridized carbons (Fsp3) is 0.889. The first-order valence-corrected chi connectivity index (χ1v) is 4.71. The number of hydrogen-bond acceptors (Lipinski definition) is 2. The van der Waals surface area contributed by atoms with Crippen LogP contribution in [0.3, 0.4) is 0 Å². The minimum absolute atomic E-state index is 0.172. The van der Waals surface area contributed by atoms with Crippen LogP contribution in [0.5, 0.6) is 0 Å². The molecule has 1 unspecified atom stereocenters. The second kappa shape index (κ2) is 2.46. The Bertz CT molecular complexity index is 209. The smallest absolute Gasteiger partial charge is 0.243 e. The van der Waals surface area contributed by atoms with Gasteiger partial charge in [0.15, 0.2) is 0 Å². The Labute approximate surface area is 73.1 Å². The lowest BCUT2D eigenvalue weighted by molar-refractivity contribution is -0.131. The molecule has 3 heteroatoms. The molecule has 2 rings (SSSR count). The molecule has 12 heavy (non-hydrogen) atoms. The fourth-order valence-corrected chi connectivity index (χ4v) is 2.41. The molecular formula is C9H16N2O. The average molecular weight is 168 g/mol. The second-order valence-corrected chi connectivity index (χ2v) is 4.03. The van der Waals surface area contributed by atoms with Gasteiger partial charge in [0.05, 0.1) is 11.7 Å². The molecule has 1 amide bonds. The Morgan fingerprint density at radius 2 is 2.08 bits per heavy atom. The highest BCUT2D eigenvalue weighted by atomic mass is 16.2. The molecule has 2 aliphatic rings. The number of nitrogens with zero attached hydrogens (tertiary/aromatic N) is 1. The third-order valence-corrected chi connectivity index (χ3v) is 3.25. The first kappa shape index (κ1) is 8.05. The Hall–Kier alpha value is -0.570. The number of hydrogen-bond donors (Lipinski definition) is 1.